The number of benzene rings is 2. The van der Waals surface area contributed by atoms with E-state index in [-0.39, 0.29) is 5.91 Å². The van der Waals surface area contributed by atoms with Gasteiger partial charge >= 0.3 is 0 Å². The lowest BCUT2D eigenvalue weighted by atomic mass is 10.1. The smallest absolute Gasteiger partial charge is 0.227 e. The fourth-order valence-electron chi connectivity index (χ4n) is 2.29. The first-order chi connectivity index (χ1) is 10.1. The van der Waals surface area contributed by atoms with Crippen LogP contribution in [-0.4, -0.2) is 25.0 Å². The standard InChI is InChI=1S/C18H21NO2/c1-14-9-10-17(21-3)16(11-14)12-18(20)19(2)13-15-7-5-4-6-8-15/h4-11H,12-13H2,1-3H3. The van der Waals surface area contributed by atoms with Crippen LogP contribution in [0.5, 0.6) is 5.75 Å². The van der Waals surface area contributed by atoms with Gasteiger partial charge < -0.3 is 9.64 Å². The lowest BCUT2D eigenvalue weighted by Crippen LogP contribution is -2.27. The minimum absolute atomic E-state index is 0.0859. The van der Waals surface area contributed by atoms with Crippen molar-refractivity contribution in [1.82, 2.24) is 4.90 Å². The van der Waals surface area contributed by atoms with Gasteiger partial charge in [-0.15, -0.1) is 0 Å². The molecule has 2 aromatic rings. The number of amides is 1. The molecule has 3 nitrogen and oxygen atoms in total. The summed E-state index contributed by atoms with van der Waals surface area (Å²) in [5.74, 6) is 0.852. The van der Waals surface area contributed by atoms with Crippen molar-refractivity contribution in [3.8, 4) is 5.75 Å². The Bertz CT molecular complexity index is 608. The third-order valence-electron chi connectivity index (χ3n) is 3.47. The van der Waals surface area contributed by atoms with Crippen molar-refractivity contribution in [3.05, 3.63) is 65.2 Å². The molecule has 0 heterocycles. The summed E-state index contributed by atoms with van der Waals surface area (Å²) < 4.78 is 5.33. The van der Waals surface area contributed by atoms with Gasteiger partial charge in [0.25, 0.3) is 0 Å². The van der Waals surface area contributed by atoms with Crippen molar-refractivity contribution in [3.63, 3.8) is 0 Å². The molecule has 0 spiro atoms. The predicted octanol–water partition coefficient (Wildman–Crippen LogP) is 3.20. The van der Waals surface area contributed by atoms with E-state index in [0.717, 1.165) is 22.4 Å². The van der Waals surface area contributed by atoms with Gasteiger partial charge in [0.2, 0.25) is 5.91 Å². The maximum absolute atomic E-state index is 12.4. The van der Waals surface area contributed by atoms with Gasteiger partial charge in [-0.1, -0.05) is 48.0 Å². The van der Waals surface area contributed by atoms with E-state index in [1.807, 2.05) is 62.5 Å². The highest BCUT2D eigenvalue weighted by atomic mass is 16.5. The molecule has 0 atom stereocenters. The van der Waals surface area contributed by atoms with Gasteiger partial charge in [-0.2, -0.15) is 0 Å². The van der Waals surface area contributed by atoms with E-state index in [2.05, 4.69) is 0 Å². The van der Waals surface area contributed by atoms with Crippen molar-refractivity contribution in [1.29, 1.82) is 0 Å². The molecule has 0 saturated carbocycles. The van der Waals surface area contributed by atoms with Crippen LogP contribution in [0.25, 0.3) is 0 Å². The Morgan fingerprint density at radius 3 is 2.52 bits per heavy atom. The SMILES string of the molecule is COc1ccc(C)cc1CC(=O)N(C)Cc1ccccc1. The van der Waals surface area contributed by atoms with E-state index in [9.17, 15) is 4.79 Å². The minimum Gasteiger partial charge on any atom is -0.496 e. The Hall–Kier alpha value is -2.29. The van der Waals surface area contributed by atoms with Gasteiger partial charge in [0.15, 0.2) is 0 Å². The van der Waals surface area contributed by atoms with Gasteiger partial charge in [-0.25, -0.2) is 0 Å². The van der Waals surface area contributed by atoms with Crippen molar-refractivity contribution in [2.45, 2.75) is 19.9 Å². The highest BCUT2D eigenvalue weighted by Gasteiger charge is 2.13. The Labute approximate surface area is 126 Å². The van der Waals surface area contributed by atoms with E-state index in [1.54, 1.807) is 12.0 Å². The zero-order valence-electron chi connectivity index (χ0n) is 12.8. The average molecular weight is 283 g/mol. The summed E-state index contributed by atoms with van der Waals surface area (Å²) in [6.45, 7) is 2.63. The number of carbonyl (C=O) groups is 1. The number of likely N-dealkylation sites (N-methyl/N-ethyl adjacent to an activating group) is 1. The normalized spacial score (nSPS) is 10.2. The van der Waals surface area contributed by atoms with Crippen LogP contribution in [0.2, 0.25) is 0 Å². The topological polar surface area (TPSA) is 29.5 Å². The molecule has 0 fully saturated rings. The lowest BCUT2D eigenvalue weighted by molar-refractivity contribution is -0.129. The number of aryl methyl sites for hydroxylation is 1. The Morgan fingerprint density at radius 2 is 1.86 bits per heavy atom. The third kappa shape index (κ3) is 4.09. The second-order valence-corrected chi connectivity index (χ2v) is 5.23. The maximum atomic E-state index is 12.4. The molecule has 1 amide bonds. The molecule has 3 heteroatoms. The highest BCUT2D eigenvalue weighted by molar-refractivity contribution is 5.79. The number of rotatable bonds is 5. The second-order valence-electron chi connectivity index (χ2n) is 5.23. The zero-order chi connectivity index (χ0) is 15.2. The van der Waals surface area contributed by atoms with Gasteiger partial charge in [0.1, 0.15) is 5.75 Å². The number of nitrogens with zero attached hydrogens (tertiary/aromatic N) is 1. The quantitative estimate of drug-likeness (QED) is 0.843. The third-order valence-corrected chi connectivity index (χ3v) is 3.47. The second kappa shape index (κ2) is 6.93. The van der Waals surface area contributed by atoms with Gasteiger partial charge in [0, 0.05) is 19.2 Å². The maximum Gasteiger partial charge on any atom is 0.227 e. The van der Waals surface area contributed by atoms with Gasteiger partial charge in [0.05, 0.1) is 13.5 Å². The molecule has 110 valence electrons. The van der Waals surface area contributed by atoms with Crippen LogP contribution in [0.1, 0.15) is 16.7 Å². The molecule has 0 aliphatic carbocycles. The van der Waals surface area contributed by atoms with Gasteiger partial charge in [-0.05, 0) is 18.6 Å². The average Bonchev–Trinajstić information content (AvgIpc) is 2.48. The molecule has 2 aromatic carbocycles. The summed E-state index contributed by atoms with van der Waals surface area (Å²) in [4.78, 5) is 14.1. The molecule has 0 aromatic heterocycles. The molecule has 0 radical (unpaired) electrons. The molecule has 0 N–H and O–H groups in total. The van der Waals surface area contributed by atoms with E-state index < -0.39 is 0 Å². The fraction of sp³-hybridized carbons (Fsp3) is 0.278. The summed E-state index contributed by atoms with van der Waals surface area (Å²) in [7, 11) is 3.46. The summed E-state index contributed by atoms with van der Waals surface area (Å²) in [5.41, 5.74) is 3.19. The molecular weight excluding hydrogens is 262 g/mol. The van der Waals surface area contributed by atoms with Crippen LogP contribution in [-0.2, 0) is 17.8 Å². The van der Waals surface area contributed by atoms with Crippen molar-refractivity contribution >= 4 is 5.91 Å². The minimum atomic E-state index is 0.0859. The Balaban J connectivity index is 2.05. The lowest BCUT2D eigenvalue weighted by Gasteiger charge is -2.18. The number of methoxy groups -OCH3 is 1. The molecule has 0 bridgehead atoms. The van der Waals surface area contributed by atoms with Crippen molar-refractivity contribution < 1.29 is 9.53 Å². The number of carbonyl (C=O) groups excluding carboxylic acids is 1. The van der Waals surface area contributed by atoms with Crippen LogP contribution >= 0.6 is 0 Å². The molecule has 21 heavy (non-hydrogen) atoms. The molecular formula is C18H21NO2. The first-order valence-electron chi connectivity index (χ1n) is 7.01. The van der Waals surface area contributed by atoms with Crippen LogP contribution < -0.4 is 4.74 Å². The summed E-state index contributed by atoms with van der Waals surface area (Å²) >= 11 is 0. The fourth-order valence-corrected chi connectivity index (χ4v) is 2.29. The Morgan fingerprint density at radius 1 is 1.14 bits per heavy atom. The summed E-state index contributed by atoms with van der Waals surface area (Å²) in [6, 6.07) is 15.9. The van der Waals surface area contributed by atoms with Crippen molar-refractivity contribution in [2.24, 2.45) is 0 Å². The number of ether oxygens (including phenoxy) is 1. The molecule has 0 aliphatic rings. The summed E-state index contributed by atoms with van der Waals surface area (Å²) in [6.07, 6.45) is 0.355. The molecule has 0 saturated heterocycles. The Kier molecular flexibility index (Phi) is 4.99. The predicted molar refractivity (Wildman–Crippen MR) is 84.4 cm³/mol. The molecule has 2 rings (SSSR count). The molecule has 0 aliphatic heterocycles. The van der Waals surface area contributed by atoms with E-state index in [0.29, 0.717) is 13.0 Å². The number of hydrogen-bond donors (Lipinski definition) is 0. The van der Waals surface area contributed by atoms with E-state index in [1.165, 1.54) is 0 Å². The highest BCUT2D eigenvalue weighted by Crippen LogP contribution is 2.21. The van der Waals surface area contributed by atoms with Crippen LogP contribution in [0.3, 0.4) is 0 Å². The first kappa shape index (κ1) is 15.1. The first-order valence-corrected chi connectivity index (χ1v) is 7.01. The zero-order valence-corrected chi connectivity index (χ0v) is 12.8. The van der Waals surface area contributed by atoms with Crippen LogP contribution in [0.4, 0.5) is 0 Å². The van der Waals surface area contributed by atoms with Crippen LogP contribution in [0.15, 0.2) is 48.5 Å². The van der Waals surface area contributed by atoms with Crippen LogP contribution in [0, 0.1) is 6.92 Å². The van der Waals surface area contributed by atoms with Crippen molar-refractivity contribution in [2.75, 3.05) is 14.2 Å². The summed E-state index contributed by atoms with van der Waals surface area (Å²) in [5, 5.41) is 0. The van der Waals surface area contributed by atoms with E-state index in [4.69, 9.17) is 4.74 Å². The monoisotopic (exact) mass is 283 g/mol. The molecule has 0 unspecified atom stereocenters. The van der Waals surface area contributed by atoms with E-state index >= 15 is 0 Å². The van der Waals surface area contributed by atoms with Gasteiger partial charge in [-0.3, -0.25) is 4.79 Å². The largest absolute Gasteiger partial charge is 0.496 e. The number of hydrogen-bond acceptors (Lipinski definition) is 2.